The number of ketones is 2. The molecule has 4 nitrogen and oxygen atoms in total. The molecule has 3 rings (SSSR count). The summed E-state index contributed by atoms with van der Waals surface area (Å²) in [4.78, 5) is 27.8. The molecule has 0 N–H and O–H groups in total. The minimum atomic E-state index is -0.414. The standard InChI is InChI=1S/C16H9ClN2O2S/c17-11-2-4-12-10(5-11)8-22-15-6-9(14(20)7-19-18)1-3-13(15)16(12)21/h1-7H,8H2. The van der Waals surface area contributed by atoms with Crippen molar-refractivity contribution in [2.45, 2.75) is 10.6 Å². The van der Waals surface area contributed by atoms with E-state index in [4.69, 9.17) is 17.1 Å². The Bertz CT molecular complexity index is 857. The van der Waals surface area contributed by atoms with E-state index in [1.807, 2.05) is 0 Å². The molecule has 22 heavy (non-hydrogen) atoms. The van der Waals surface area contributed by atoms with Gasteiger partial charge in [-0.3, -0.25) is 9.59 Å². The highest BCUT2D eigenvalue weighted by Crippen LogP contribution is 2.35. The monoisotopic (exact) mass is 328 g/mol. The van der Waals surface area contributed by atoms with E-state index in [9.17, 15) is 9.59 Å². The van der Waals surface area contributed by atoms with Crippen LogP contribution < -0.4 is 0 Å². The van der Waals surface area contributed by atoms with Crippen LogP contribution in [-0.4, -0.2) is 22.6 Å². The van der Waals surface area contributed by atoms with Gasteiger partial charge in [0.1, 0.15) is 0 Å². The first-order valence-electron chi connectivity index (χ1n) is 6.42. The molecule has 0 amide bonds. The second-order valence-corrected chi connectivity index (χ2v) is 6.19. The zero-order valence-electron chi connectivity index (χ0n) is 11.2. The molecule has 0 aromatic heterocycles. The molecule has 0 spiro atoms. The highest BCUT2D eigenvalue weighted by atomic mass is 35.5. The lowest BCUT2D eigenvalue weighted by Gasteiger charge is -2.05. The highest BCUT2D eigenvalue weighted by molar-refractivity contribution is 7.98. The highest BCUT2D eigenvalue weighted by Gasteiger charge is 2.23. The van der Waals surface area contributed by atoms with Gasteiger partial charge in [-0.25, -0.2) is 0 Å². The van der Waals surface area contributed by atoms with Crippen molar-refractivity contribution in [3.05, 3.63) is 69.2 Å². The number of Topliss-reactive ketones (excluding diaryl/α,β-unsaturated/α-hetero) is 1. The van der Waals surface area contributed by atoms with Crippen molar-refractivity contribution in [3.63, 3.8) is 0 Å². The molecule has 2 aromatic rings. The minimum Gasteiger partial charge on any atom is -0.361 e. The van der Waals surface area contributed by atoms with Gasteiger partial charge in [0.25, 0.3) is 5.78 Å². The van der Waals surface area contributed by atoms with Crippen LogP contribution in [0.3, 0.4) is 0 Å². The van der Waals surface area contributed by atoms with E-state index in [0.717, 1.165) is 16.7 Å². The number of carbonyl (C=O) groups excluding carboxylic acids is 2. The van der Waals surface area contributed by atoms with Crippen LogP contribution in [0.1, 0.15) is 31.8 Å². The van der Waals surface area contributed by atoms with Crippen LogP contribution in [-0.2, 0) is 5.75 Å². The fourth-order valence-electron chi connectivity index (χ4n) is 2.31. The van der Waals surface area contributed by atoms with Gasteiger partial charge in [-0.15, -0.1) is 11.8 Å². The molecule has 1 heterocycles. The number of thioether (sulfide) groups is 1. The van der Waals surface area contributed by atoms with E-state index in [0.29, 0.717) is 27.5 Å². The molecule has 0 saturated heterocycles. The Morgan fingerprint density at radius 3 is 2.77 bits per heavy atom. The Labute approximate surface area is 135 Å². The lowest BCUT2D eigenvalue weighted by Crippen LogP contribution is -2.06. The molecular weight excluding hydrogens is 320 g/mol. The van der Waals surface area contributed by atoms with E-state index in [1.54, 1.807) is 36.4 Å². The van der Waals surface area contributed by atoms with Gasteiger partial charge in [0, 0.05) is 32.4 Å². The Kier molecular flexibility index (Phi) is 3.94. The fraction of sp³-hybridized carbons (Fsp3) is 0.0625. The maximum absolute atomic E-state index is 12.6. The summed E-state index contributed by atoms with van der Waals surface area (Å²) in [5.41, 5.74) is 10.9. The SMILES string of the molecule is [N-]=[N+]=CC(=O)c1ccc2c(c1)SCc1cc(Cl)ccc1C2=O. The molecule has 0 aliphatic carbocycles. The molecule has 1 aliphatic heterocycles. The third-order valence-electron chi connectivity index (χ3n) is 3.38. The second-order valence-electron chi connectivity index (χ2n) is 4.74. The Morgan fingerprint density at radius 1 is 1.23 bits per heavy atom. The maximum Gasteiger partial charge on any atom is 0.328 e. The Morgan fingerprint density at radius 2 is 2.00 bits per heavy atom. The van der Waals surface area contributed by atoms with E-state index >= 15 is 0 Å². The van der Waals surface area contributed by atoms with Crippen LogP contribution in [0.25, 0.3) is 5.53 Å². The van der Waals surface area contributed by atoms with E-state index < -0.39 is 5.78 Å². The van der Waals surface area contributed by atoms with Crippen LogP contribution >= 0.6 is 23.4 Å². The van der Waals surface area contributed by atoms with Crippen molar-refractivity contribution in [2.24, 2.45) is 0 Å². The number of halogens is 1. The Balaban J connectivity index is 2.08. The van der Waals surface area contributed by atoms with Gasteiger partial charge in [-0.05, 0) is 42.0 Å². The van der Waals surface area contributed by atoms with Gasteiger partial charge >= 0.3 is 6.21 Å². The van der Waals surface area contributed by atoms with Crippen LogP contribution in [0.4, 0.5) is 0 Å². The first kappa shape index (κ1) is 14.7. The number of benzene rings is 2. The van der Waals surface area contributed by atoms with Gasteiger partial charge < -0.3 is 5.53 Å². The van der Waals surface area contributed by atoms with E-state index in [2.05, 4.69) is 4.79 Å². The summed E-state index contributed by atoms with van der Waals surface area (Å²) in [7, 11) is 0. The third-order valence-corrected chi connectivity index (χ3v) is 4.72. The molecule has 1 aliphatic rings. The first-order valence-corrected chi connectivity index (χ1v) is 7.78. The molecule has 0 atom stereocenters. The van der Waals surface area contributed by atoms with Gasteiger partial charge in [0.15, 0.2) is 5.78 Å². The summed E-state index contributed by atoms with van der Waals surface area (Å²) in [5, 5.41) is 0.591. The average molecular weight is 329 g/mol. The normalized spacial score (nSPS) is 12.7. The van der Waals surface area contributed by atoms with Crippen molar-refractivity contribution in [3.8, 4) is 0 Å². The number of hydrogen-bond acceptors (Lipinski definition) is 3. The quantitative estimate of drug-likeness (QED) is 0.365. The number of rotatable bonds is 2. The van der Waals surface area contributed by atoms with Crippen LogP contribution in [0.5, 0.6) is 0 Å². The Hall–Kier alpha value is -2.20. The van der Waals surface area contributed by atoms with Gasteiger partial charge in [-0.2, -0.15) is 4.79 Å². The smallest absolute Gasteiger partial charge is 0.328 e. The number of fused-ring (bicyclic) bond motifs is 2. The summed E-state index contributed by atoms with van der Waals surface area (Å²) in [6.07, 6.45) is 0.833. The topological polar surface area (TPSA) is 70.5 Å². The van der Waals surface area contributed by atoms with Crippen molar-refractivity contribution in [1.82, 2.24) is 0 Å². The van der Waals surface area contributed by atoms with Crippen molar-refractivity contribution in [2.75, 3.05) is 0 Å². The number of carbonyl (C=O) groups is 2. The molecule has 6 heteroatoms. The summed E-state index contributed by atoms with van der Waals surface area (Å²) >= 11 is 7.46. The predicted molar refractivity (Wildman–Crippen MR) is 84.9 cm³/mol. The van der Waals surface area contributed by atoms with E-state index in [-0.39, 0.29) is 5.78 Å². The molecule has 0 unspecified atom stereocenters. The second kappa shape index (κ2) is 5.89. The zero-order chi connectivity index (χ0) is 15.7. The molecule has 0 fully saturated rings. The maximum atomic E-state index is 12.6. The zero-order valence-corrected chi connectivity index (χ0v) is 12.8. The van der Waals surface area contributed by atoms with Crippen LogP contribution in [0.15, 0.2) is 41.3 Å². The number of nitrogens with zero attached hydrogens (tertiary/aromatic N) is 2. The molecule has 0 radical (unpaired) electrons. The first-order chi connectivity index (χ1) is 10.6. The number of hydrogen-bond donors (Lipinski definition) is 0. The van der Waals surface area contributed by atoms with Crippen molar-refractivity contribution < 1.29 is 14.4 Å². The fourth-order valence-corrected chi connectivity index (χ4v) is 3.58. The molecule has 0 saturated carbocycles. The lowest BCUT2D eigenvalue weighted by molar-refractivity contribution is 0.00234. The molecule has 108 valence electrons. The lowest BCUT2D eigenvalue weighted by atomic mass is 9.98. The van der Waals surface area contributed by atoms with Gasteiger partial charge in [0.05, 0.1) is 0 Å². The molecular formula is C16H9ClN2O2S. The summed E-state index contributed by atoms with van der Waals surface area (Å²) < 4.78 is 0. The minimum absolute atomic E-state index is 0.0820. The predicted octanol–water partition coefficient (Wildman–Crippen LogP) is 3.66. The van der Waals surface area contributed by atoms with E-state index in [1.165, 1.54) is 11.8 Å². The largest absolute Gasteiger partial charge is 0.361 e. The van der Waals surface area contributed by atoms with Crippen LogP contribution in [0, 0.1) is 0 Å². The average Bonchev–Trinajstić information content (AvgIpc) is 2.64. The molecule has 0 bridgehead atoms. The summed E-state index contributed by atoms with van der Waals surface area (Å²) in [6, 6.07) is 10.1. The summed E-state index contributed by atoms with van der Waals surface area (Å²) in [5.74, 6) is 0.102. The van der Waals surface area contributed by atoms with Crippen molar-refractivity contribution >= 4 is 41.1 Å². The van der Waals surface area contributed by atoms with Gasteiger partial charge in [0.2, 0.25) is 0 Å². The summed E-state index contributed by atoms with van der Waals surface area (Å²) in [6.45, 7) is 0. The van der Waals surface area contributed by atoms with Gasteiger partial charge in [-0.1, -0.05) is 11.6 Å². The van der Waals surface area contributed by atoms with Crippen molar-refractivity contribution in [1.29, 1.82) is 0 Å². The third kappa shape index (κ3) is 2.62. The van der Waals surface area contributed by atoms with Crippen LogP contribution in [0.2, 0.25) is 5.02 Å². The molecule has 2 aromatic carbocycles.